The number of nitrogens with one attached hydrogen (secondary N) is 1. The van der Waals surface area contributed by atoms with Gasteiger partial charge < -0.3 is 10.1 Å². The third-order valence-corrected chi connectivity index (χ3v) is 6.75. The van der Waals surface area contributed by atoms with Crippen molar-refractivity contribution in [2.24, 2.45) is 0 Å². The van der Waals surface area contributed by atoms with Crippen LogP contribution in [0.15, 0.2) is 34.1 Å². The molecule has 4 heterocycles. The Morgan fingerprint density at radius 3 is 3.00 bits per heavy atom. The zero-order valence-corrected chi connectivity index (χ0v) is 18.6. The van der Waals surface area contributed by atoms with Gasteiger partial charge in [0.25, 0.3) is 11.5 Å². The lowest BCUT2D eigenvalue weighted by Gasteiger charge is -2.21. The lowest BCUT2D eigenvalue weighted by Crippen LogP contribution is -2.36. The molecule has 2 unspecified atom stereocenters. The average molecular weight is 445 g/mol. The zero-order valence-electron chi connectivity index (χ0n) is 17.0. The van der Waals surface area contributed by atoms with E-state index in [0.717, 1.165) is 25.9 Å². The number of aromatic nitrogens is 2. The Morgan fingerprint density at radius 2 is 2.27 bits per heavy atom. The molecule has 4 rings (SSSR count). The Kier molecular flexibility index (Phi) is 6.21. The number of nitrogens with zero attached hydrogens (tertiary/aromatic N) is 3. The highest BCUT2D eigenvalue weighted by Gasteiger charge is 2.35. The van der Waals surface area contributed by atoms with Crippen molar-refractivity contribution in [1.29, 1.82) is 0 Å². The van der Waals surface area contributed by atoms with E-state index in [1.165, 1.54) is 16.2 Å². The molecule has 0 radical (unpaired) electrons. The quantitative estimate of drug-likeness (QED) is 0.541. The minimum atomic E-state index is -0.232. The fraction of sp³-hybridized carbons (Fsp3) is 0.429. The summed E-state index contributed by atoms with van der Waals surface area (Å²) in [6.45, 7) is 5.30. The Hall–Kier alpha value is -2.23. The van der Waals surface area contributed by atoms with Gasteiger partial charge in [-0.25, -0.2) is 4.98 Å². The van der Waals surface area contributed by atoms with Crippen LogP contribution in [-0.2, 0) is 9.53 Å². The molecular weight excluding hydrogens is 420 g/mol. The number of thiocarbonyl (C=S) groups is 1. The second-order valence-corrected chi connectivity index (χ2v) is 9.11. The Bertz CT molecular complexity index is 1080. The highest BCUT2D eigenvalue weighted by Crippen LogP contribution is 2.34. The Balaban J connectivity index is 1.74. The summed E-state index contributed by atoms with van der Waals surface area (Å²) in [7, 11) is 0. The van der Waals surface area contributed by atoms with E-state index in [1.807, 2.05) is 19.9 Å². The van der Waals surface area contributed by atoms with Gasteiger partial charge in [-0.3, -0.25) is 18.9 Å². The normalized spacial score (nSPS) is 21.7. The molecule has 0 saturated carbocycles. The number of fused-ring (bicyclic) bond motifs is 1. The van der Waals surface area contributed by atoms with Crippen molar-refractivity contribution >= 4 is 51.7 Å². The van der Waals surface area contributed by atoms with Crippen LogP contribution in [0.2, 0.25) is 0 Å². The number of carbonyl (C=O) groups excluding carboxylic acids is 1. The number of thioether (sulfide) groups is 1. The van der Waals surface area contributed by atoms with Gasteiger partial charge in [0.2, 0.25) is 0 Å². The highest BCUT2D eigenvalue weighted by molar-refractivity contribution is 8.26. The summed E-state index contributed by atoms with van der Waals surface area (Å²) in [6.07, 6.45) is 6.20. The molecule has 0 spiro atoms. The summed E-state index contributed by atoms with van der Waals surface area (Å²) in [6, 6.07) is 5.41. The summed E-state index contributed by atoms with van der Waals surface area (Å²) in [5, 5.41) is 3.27. The van der Waals surface area contributed by atoms with Crippen molar-refractivity contribution in [2.75, 3.05) is 18.5 Å². The fourth-order valence-electron chi connectivity index (χ4n) is 3.56. The van der Waals surface area contributed by atoms with Crippen LogP contribution in [0.1, 0.15) is 38.7 Å². The fourth-order valence-corrected chi connectivity index (χ4v) is 5.00. The number of carbonyl (C=O) groups is 1. The van der Waals surface area contributed by atoms with Crippen LogP contribution in [0.25, 0.3) is 11.7 Å². The van der Waals surface area contributed by atoms with Gasteiger partial charge >= 0.3 is 0 Å². The third-order valence-electron chi connectivity index (χ3n) is 5.42. The van der Waals surface area contributed by atoms with E-state index in [4.69, 9.17) is 17.0 Å². The maximum atomic E-state index is 13.2. The van der Waals surface area contributed by atoms with Crippen LogP contribution in [0, 0.1) is 0 Å². The van der Waals surface area contributed by atoms with Crippen molar-refractivity contribution < 1.29 is 9.53 Å². The largest absolute Gasteiger partial charge is 0.376 e. The monoisotopic (exact) mass is 444 g/mol. The molecular formula is C21H24N4O3S2. The molecule has 9 heteroatoms. The van der Waals surface area contributed by atoms with Crippen molar-refractivity contribution in [3.63, 3.8) is 0 Å². The minimum absolute atomic E-state index is 0.0105. The Labute approximate surface area is 184 Å². The van der Waals surface area contributed by atoms with Gasteiger partial charge in [-0.05, 0) is 44.4 Å². The summed E-state index contributed by atoms with van der Waals surface area (Å²) in [5.41, 5.74) is 0.659. The SMILES string of the molecule is CCC(C)N1C(=O)/C(=C/c2c(NCC3CCCO3)nc3ccccn3c2=O)SC1=S. The van der Waals surface area contributed by atoms with Gasteiger partial charge in [0.15, 0.2) is 0 Å². The van der Waals surface area contributed by atoms with Crippen molar-refractivity contribution in [2.45, 2.75) is 45.3 Å². The van der Waals surface area contributed by atoms with Gasteiger partial charge in [0.05, 0.1) is 16.6 Å². The number of amides is 1. The van der Waals surface area contributed by atoms with Gasteiger partial charge in [0, 0.05) is 25.4 Å². The molecule has 2 aliphatic heterocycles. The topological polar surface area (TPSA) is 75.9 Å². The van der Waals surface area contributed by atoms with Crippen LogP contribution in [-0.4, -0.2) is 49.8 Å². The van der Waals surface area contributed by atoms with Gasteiger partial charge in [-0.2, -0.15) is 0 Å². The van der Waals surface area contributed by atoms with Crippen molar-refractivity contribution in [1.82, 2.24) is 14.3 Å². The number of rotatable bonds is 6. The first kappa shape index (κ1) is 21.0. The molecule has 2 atom stereocenters. The van der Waals surface area contributed by atoms with Crippen molar-refractivity contribution in [3.8, 4) is 0 Å². The minimum Gasteiger partial charge on any atom is -0.376 e. The van der Waals surface area contributed by atoms with Crippen LogP contribution in [0.4, 0.5) is 5.82 Å². The maximum absolute atomic E-state index is 13.2. The Morgan fingerprint density at radius 1 is 1.43 bits per heavy atom. The molecule has 1 amide bonds. The molecule has 0 aromatic carbocycles. The van der Waals surface area contributed by atoms with Crippen LogP contribution in [0.3, 0.4) is 0 Å². The summed E-state index contributed by atoms with van der Waals surface area (Å²) >= 11 is 6.64. The lowest BCUT2D eigenvalue weighted by atomic mass is 10.2. The number of anilines is 1. The second kappa shape index (κ2) is 8.87. The number of hydrogen-bond acceptors (Lipinski definition) is 7. The number of pyridine rings is 1. The first-order valence-corrected chi connectivity index (χ1v) is 11.4. The first-order valence-electron chi connectivity index (χ1n) is 10.1. The van der Waals surface area contributed by atoms with E-state index < -0.39 is 0 Å². The van der Waals surface area contributed by atoms with E-state index in [0.29, 0.717) is 32.8 Å². The average Bonchev–Trinajstić information content (AvgIpc) is 3.36. The molecule has 2 aromatic heterocycles. The number of hydrogen-bond donors (Lipinski definition) is 1. The van der Waals surface area contributed by atoms with Crippen LogP contribution in [0.5, 0.6) is 0 Å². The standard InChI is InChI=1S/C21H24N4O3S2/c1-3-13(2)25-20(27)16(30-21(25)29)11-15-18(22-12-14-7-6-10-28-14)23-17-8-4-5-9-24(17)19(15)26/h4-5,8-9,11,13-14,22H,3,6-7,10,12H2,1-2H3/b16-11-. The maximum Gasteiger partial charge on any atom is 0.267 e. The molecule has 0 aliphatic carbocycles. The van der Waals surface area contributed by atoms with Gasteiger partial charge in [-0.15, -0.1) is 0 Å². The predicted octanol–water partition coefficient (Wildman–Crippen LogP) is 3.29. The molecule has 2 aliphatic rings. The van der Waals surface area contributed by atoms with Crippen LogP contribution < -0.4 is 10.9 Å². The molecule has 7 nitrogen and oxygen atoms in total. The summed E-state index contributed by atoms with van der Waals surface area (Å²) in [5.74, 6) is 0.289. The molecule has 2 saturated heterocycles. The molecule has 158 valence electrons. The summed E-state index contributed by atoms with van der Waals surface area (Å²) in [4.78, 5) is 32.9. The van der Waals surface area contributed by atoms with E-state index >= 15 is 0 Å². The highest BCUT2D eigenvalue weighted by atomic mass is 32.2. The second-order valence-electron chi connectivity index (χ2n) is 7.43. The molecule has 30 heavy (non-hydrogen) atoms. The van der Waals surface area contributed by atoms with Gasteiger partial charge in [0.1, 0.15) is 15.8 Å². The van der Waals surface area contributed by atoms with Crippen LogP contribution >= 0.6 is 24.0 Å². The molecule has 2 fully saturated rings. The van der Waals surface area contributed by atoms with E-state index in [2.05, 4.69) is 10.3 Å². The summed E-state index contributed by atoms with van der Waals surface area (Å²) < 4.78 is 7.68. The molecule has 1 N–H and O–H groups in total. The first-order chi connectivity index (χ1) is 14.5. The van der Waals surface area contributed by atoms with E-state index in [9.17, 15) is 9.59 Å². The number of ether oxygens (including phenoxy) is 1. The zero-order chi connectivity index (χ0) is 21.3. The predicted molar refractivity (Wildman–Crippen MR) is 124 cm³/mol. The molecule has 0 bridgehead atoms. The van der Waals surface area contributed by atoms with E-state index in [1.54, 1.807) is 29.3 Å². The third kappa shape index (κ3) is 4.01. The lowest BCUT2D eigenvalue weighted by molar-refractivity contribution is -0.123. The van der Waals surface area contributed by atoms with Gasteiger partial charge in [-0.1, -0.05) is 37.0 Å². The van der Waals surface area contributed by atoms with Crippen molar-refractivity contribution in [3.05, 3.63) is 45.2 Å². The smallest absolute Gasteiger partial charge is 0.267 e. The molecule has 2 aromatic rings. The van der Waals surface area contributed by atoms with E-state index in [-0.39, 0.29) is 23.6 Å².